The summed E-state index contributed by atoms with van der Waals surface area (Å²) in [5.41, 5.74) is 0.984. The van der Waals surface area contributed by atoms with Gasteiger partial charge in [-0.05, 0) is 38.1 Å². The lowest BCUT2D eigenvalue weighted by molar-refractivity contribution is -0.116. The summed E-state index contributed by atoms with van der Waals surface area (Å²) in [4.78, 5) is 34.2. The standard InChI is InChI=1S/C15H20N2O5/c1-3-21-14(19)11-5-7-12(8-6-11)17-13(18)9-10-16-15(20)22-4-2/h5-8H,3-4,9-10H2,1-2H3,(H,16,20)(H,17,18). The maximum atomic E-state index is 11.7. The van der Waals surface area contributed by atoms with Gasteiger partial charge in [-0.25, -0.2) is 9.59 Å². The lowest BCUT2D eigenvalue weighted by Crippen LogP contribution is -2.28. The molecule has 0 aromatic heterocycles. The number of esters is 1. The van der Waals surface area contributed by atoms with Gasteiger partial charge in [0.15, 0.2) is 0 Å². The minimum Gasteiger partial charge on any atom is -0.462 e. The molecule has 0 bridgehead atoms. The normalized spacial score (nSPS) is 9.73. The highest BCUT2D eigenvalue weighted by Crippen LogP contribution is 2.10. The van der Waals surface area contributed by atoms with Gasteiger partial charge in [-0.1, -0.05) is 0 Å². The Bertz CT molecular complexity index is 513. The monoisotopic (exact) mass is 308 g/mol. The van der Waals surface area contributed by atoms with Crippen molar-refractivity contribution >= 4 is 23.7 Å². The molecule has 0 heterocycles. The smallest absolute Gasteiger partial charge is 0.407 e. The molecule has 0 saturated carbocycles. The van der Waals surface area contributed by atoms with Crippen molar-refractivity contribution in [3.05, 3.63) is 29.8 Å². The van der Waals surface area contributed by atoms with Crippen LogP contribution in [0, 0.1) is 0 Å². The van der Waals surface area contributed by atoms with Crippen LogP contribution in [0.1, 0.15) is 30.6 Å². The van der Waals surface area contributed by atoms with Gasteiger partial charge in [0.1, 0.15) is 0 Å². The number of hydrogen-bond donors (Lipinski definition) is 2. The van der Waals surface area contributed by atoms with Crippen molar-refractivity contribution in [3.63, 3.8) is 0 Å². The summed E-state index contributed by atoms with van der Waals surface area (Å²) in [6, 6.07) is 6.38. The second kappa shape index (κ2) is 9.38. The first-order valence-corrected chi connectivity index (χ1v) is 7.04. The number of carbonyl (C=O) groups excluding carboxylic acids is 3. The maximum Gasteiger partial charge on any atom is 0.407 e. The number of rotatable bonds is 7. The van der Waals surface area contributed by atoms with Crippen LogP contribution in [0.25, 0.3) is 0 Å². The van der Waals surface area contributed by atoms with E-state index in [2.05, 4.69) is 15.4 Å². The lowest BCUT2D eigenvalue weighted by atomic mass is 10.2. The van der Waals surface area contributed by atoms with Crippen LogP contribution in [0.2, 0.25) is 0 Å². The van der Waals surface area contributed by atoms with E-state index < -0.39 is 12.1 Å². The van der Waals surface area contributed by atoms with Gasteiger partial charge in [-0.2, -0.15) is 0 Å². The fraction of sp³-hybridized carbons (Fsp3) is 0.400. The van der Waals surface area contributed by atoms with Crippen LogP contribution >= 0.6 is 0 Å². The molecule has 0 spiro atoms. The number of anilines is 1. The Balaban J connectivity index is 2.38. The number of carbonyl (C=O) groups is 3. The van der Waals surface area contributed by atoms with Crippen molar-refractivity contribution < 1.29 is 23.9 Å². The van der Waals surface area contributed by atoms with Gasteiger partial charge in [0.2, 0.25) is 5.91 Å². The molecule has 2 N–H and O–H groups in total. The first kappa shape index (κ1) is 17.5. The molecule has 0 unspecified atom stereocenters. The van der Waals surface area contributed by atoms with Crippen LogP contribution in [-0.4, -0.2) is 37.7 Å². The Hall–Kier alpha value is -2.57. The third-order valence-corrected chi connectivity index (χ3v) is 2.58. The van der Waals surface area contributed by atoms with Crippen molar-refractivity contribution in [1.29, 1.82) is 0 Å². The molecule has 0 aliphatic rings. The number of nitrogens with one attached hydrogen (secondary N) is 2. The molecule has 7 nitrogen and oxygen atoms in total. The molecule has 0 aliphatic heterocycles. The molecule has 7 heteroatoms. The highest BCUT2D eigenvalue weighted by Gasteiger charge is 2.07. The van der Waals surface area contributed by atoms with Crippen LogP contribution < -0.4 is 10.6 Å². The quantitative estimate of drug-likeness (QED) is 0.751. The molecule has 0 atom stereocenters. The maximum absolute atomic E-state index is 11.7. The van der Waals surface area contributed by atoms with E-state index in [1.54, 1.807) is 38.1 Å². The first-order chi connectivity index (χ1) is 10.6. The molecule has 1 aromatic carbocycles. The number of alkyl carbamates (subject to hydrolysis) is 1. The van der Waals surface area contributed by atoms with Gasteiger partial charge in [0, 0.05) is 18.7 Å². The number of hydrogen-bond acceptors (Lipinski definition) is 5. The lowest BCUT2D eigenvalue weighted by Gasteiger charge is -2.07. The van der Waals surface area contributed by atoms with E-state index in [9.17, 15) is 14.4 Å². The second-order valence-electron chi connectivity index (χ2n) is 4.24. The van der Waals surface area contributed by atoms with E-state index in [1.807, 2.05) is 0 Å². The number of ether oxygens (including phenoxy) is 2. The average molecular weight is 308 g/mol. The fourth-order valence-corrected chi connectivity index (χ4v) is 1.59. The summed E-state index contributed by atoms with van der Waals surface area (Å²) < 4.78 is 9.54. The molecular formula is C15H20N2O5. The third kappa shape index (κ3) is 6.25. The van der Waals surface area contributed by atoms with Crippen molar-refractivity contribution in [2.45, 2.75) is 20.3 Å². The SMILES string of the molecule is CCOC(=O)NCCC(=O)Nc1ccc(C(=O)OCC)cc1. The van der Waals surface area contributed by atoms with Crippen LogP contribution in [0.4, 0.5) is 10.5 Å². The molecular weight excluding hydrogens is 288 g/mol. The summed E-state index contributed by atoms with van der Waals surface area (Å²) >= 11 is 0. The van der Waals surface area contributed by atoms with Crippen LogP contribution in [0.3, 0.4) is 0 Å². The zero-order valence-corrected chi connectivity index (χ0v) is 12.7. The molecule has 0 aliphatic carbocycles. The van der Waals surface area contributed by atoms with E-state index in [0.29, 0.717) is 17.9 Å². The molecule has 120 valence electrons. The zero-order valence-electron chi connectivity index (χ0n) is 12.7. The van der Waals surface area contributed by atoms with Gasteiger partial charge >= 0.3 is 12.1 Å². The predicted molar refractivity (Wildman–Crippen MR) is 80.7 cm³/mol. The zero-order chi connectivity index (χ0) is 16.4. The van der Waals surface area contributed by atoms with E-state index in [-0.39, 0.29) is 25.5 Å². The summed E-state index contributed by atoms with van der Waals surface area (Å²) in [5.74, 6) is -0.653. The van der Waals surface area contributed by atoms with E-state index in [0.717, 1.165) is 0 Å². The second-order valence-corrected chi connectivity index (χ2v) is 4.24. The Morgan fingerprint density at radius 2 is 1.64 bits per heavy atom. The van der Waals surface area contributed by atoms with Gasteiger partial charge in [-0.3, -0.25) is 4.79 Å². The number of benzene rings is 1. The van der Waals surface area contributed by atoms with Gasteiger partial charge < -0.3 is 20.1 Å². The van der Waals surface area contributed by atoms with E-state index in [4.69, 9.17) is 4.74 Å². The Labute approximate surface area is 129 Å². The molecule has 0 radical (unpaired) electrons. The molecule has 22 heavy (non-hydrogen) atoms. The summed E-state index contributed by atoms with van der Waals surface area (Å²) in [6.45, 7) is 4.21. The van der Waals surface area contributed by atoms with Gasteiger partial charge in [-0.15, -0.1) is 0 Å². The van der Waals surface area contributed by atoms with Crippen molar-refractivity contribution in [1.82, 2.24) is 5.32 Å². The van der Waals surface area contributed by atoms with Crippen molar-refractivity contribution in [2.75, 3.05) is 25.1 Å². The first-order valence-electron chi connectivity index (χ1n) is 7.04. The minimum atomic E-state index is -0.547. The molecule has 0 saturated heterocycles. The summed E-state index contributed by atoms with van der Waals surface area (Å²) in [7, 11) is 0. The third-order valence-electron chi connectivity index (χ3n) is 2.58. The highest BCUT2D eigenvalue weighted by atomic mass is 16.5. The fourth-order valence-electron chi connectivity index (χ4n) is 1.59. The Morgan fingerprint density at radius 3 is 2.23 bits per heavy atom. The highest BCUT2D eigenvalue weighted by molar-refractivity contribution is 5.93. The van der Waals surface area contributed by atoms with Gasteiger partial charge in [0.25, 0.3) is 0 Å². The Morgan fingerprint density at radius 1 is 1.00 bits per heavy atom. The molecule has 1 rings (SSSR count). The molecule has 2 amide bonds. The number of amides is 2. The molecule has 0 fully saturated rings. The predicted octanol–water partition coefficient (Wildman–Crippen LogP) is 1.94. The summed E-state index contributed by atoms with van der Waals surface area (Å²) in [5, 5.41) is 5.12. The average Bonchev–Trinajstić information content (AvgIpc) is 2.48. The van der Waals surface area contributed by atoms with Crippen molar-refractivity contribution in [2.24, 2.45) is 0 Å². The van der Waals surface area contributed by atoms with Crippen LogP contribution in [0.15, 0.2) is 24.3 Å². The van der Waals surface area contributed by atoms with E-state index in [1.165, 1.54) is 0 Å². The topological polar surface area (TPSA) is 93.7 Å². The van der Waals surface area contributed by atoms with Crippen LogP contribution in [0.5, 0.6) is 0 Å². The summed E-state index contributed by atoms with van der Waals surface area (Å²) in [6.07, 6.45) is -0.424. The van der Waals surface area contributed by atoms with Crippen LogP contribution in [-0.2, 0) is 14.3 Å². The largest absolute Gasteiger partial charge is 0.462 e. The van der Waals surface area contributed by atoms with Gasteiger partial charge in [0.05, 0.1) is 18.8 Å². The Kier molecular flexibility index (Phi) is 7.45. The minimum absolute atomic E-state index is 0.123. The molecule has 1 aromatic rings. The van der Waals surface area contributed by atoms with E-state index >= 15 is 0 Å². The van der Waals surface area contributed by atoms with Crippen molar-refractivity contribution in [3.8, 4) is 0 Å².